The average molecular weight is 386 g/mol. The number of aromatic nitrogens is 1. The third-order valence-corrected chi connectivity index (χ3v) is 4.80. The molecule has 0 fully saturated rings. The summed E-state index contributed by atoms with van der Waals surface area (Å²) in [4.78, 5) is 16.8. The molecule has 0 radical (unpaired) electrons. The van der Waals surface area contributed by atoms with Crippen LogP contribution in [0.3, 0.4) is 0 Å². The van der Waals surface area contributed by atoms with Crippen molar-refractivity contribution in [3.05, 3.63) is 87.2 Å². The van der Waals surface area contributed by atoms with E-state index in [2.05, 4.69) is 10.4 Å². The van der Waals surface area contributed by atoms with Gasteiger partial charge in [-0.3, -0.25) is 19.9 Å². The van der Waals surface area contributed by atoms with Crippen LogP contribution in [0.25, 0.3) is 0 Å². The third-order valence-electron chi connectivity index (χ3n) is 3.99. The van der Waals surface area contributed by atoms with E-state index in [1.54, 1.807) is 41.2 Å². The Morgan fingerprint density at radius 2 is 1.81 bits per heavy atom. The van der Waals surface area contributed by atoms with E-state index >= 15 is 0 Å². The maximum Gasteiger partial charge on any atom is 0.270 e. The van der Waals surface area contributed by atoms with Gasteiger partial charge >= 0.3 is 0 Å². The number of amides is 1. The smallest absolute Gasteiger partial charge is 0.267 e. The van der Waals surface area contributed by atoms with E-state index in [-0.39, 0.29) is 5.91 Å². The number of aryl methyl sites for hydroxylation is 1. The van der Waals surface area contributed by atoms with Gasteiger partial charge in [0.15, 0.2) is 0 Å². The van der Waals surface area contributed by atoms with Crippen molar-refractivity contribution in [3.8, 4) is 0 Å². The minimum Gasteiger partial charge on any atom is -0.267 e. The molecule has 1 N–H and O–H groups in total. The van der Waals surface area contributed by atoms with E-state index in [4.69, 9.17) is 23.2 Å². The van der Waals surface area contributed by atoms with Gasteiger partial charge in [-0.15, -0.1) is 0 Å². The van der Waals surface area contributed by atoms with Crippen molar-refractivity contribution in [2.45, 2.75) is 13.8 Å². The Hall–Kier alpha value is -2.56. The van der Waals surface area contributed by atoms with Crippen LogP contribution in [0.2, 0.25) is 10.0 Å². The molecule has 0 atom stereocenters. The molecule has 0 spiro atoms. The second kappa shape index (κ2) is 7.77. The highest BCUT2D eigenvalue weighted by atomic mass is 35.5. The third kappa shape index (κ3) is 3.82. The Morgan fingerprint density at radius 1 is 1.08 bits per heavy atom. The summed E-state index contributed by atoms with van der Waals surface area (Å²) in [6.07, 6.45) is 1.71. The molecule has 1 aromatic heterocycles. The van der Waals surface area contributed by atoms with Crippen LogP contribution in [-0.2, 0) is 0 Å². The first-order valence-corrected chi connectivity index (χ1v) is 8.76. The number of benzene rings is 2. The molecule has 0 aliphatic heterocycles. The Bertz CT molecular complexity index is 978. The number of nitrogens with one attached hydrogen (secondary N) is 1. The number of aliphatic imine (C=N–C) groups is 1. The van der Waals surface area contributed by atoms with Crippen LogP contribution in [0, 0.1) is 13.8 Å². The van der Waals surface area contributed by atoms with Crippen LogP contribution >= 0.6 is 23.2 Å². The summed E-state index contributed by atoms with van der Waals surface area (Å²) < 4.78 is 1.75. The highest BCUT2D eigenvalue weighted by Gasteiger charge is 2.12. The minimum absolute atomic E-state index is 0.172. The number of nitrogens with zero attached hydrogens (tertiary/aromatic N) is 2. The zero-order chi connectivity index (χ0) is 18.7. The van der Waals surface area contributed by atoms with Crippen molar-refractivity contribution >= 4 is 41.0 Å². The van der Waals surface area contributed by atoms with E-state index < -0.39 is 0 Å². The van der Waals surface area contributed by atoms with E-state index in [9.17, 15) is 4.79 Å². The molecule has 1 heterocycles. The Labute approximate surface area is 162 Å². The molecule has 0 aliphatic rings. The van der Waals surface area contributed by atoms with Crippen molar-refractivity contribution in [2.75, 3.05) is 5.43 Å². The highest BCUT2D eigenvalue weighted by molar-refractivity contribution is 6.43. The van der Waals surface area contributed by atoms with Gasteiger partial charge < -0.3 is 0 Å². The fourth-order valence-corrected chi connectivity index (χ4v) is 2.92. The molecule has 0 unspecified atom stereocenters. The van der Waals surface area contributed by atoms with Gasteiger partial charge in [-0.2, -0.15) is 0 Å². The lowest BCUT2D eigenvalue weighted by atomic mass is 10.2. The number of carbonyl (C=O) groups is 1. The van der Waals surface area contributed by atoms with E-state index in [0.29, 0.717) is 21.3 Å². The van der Waals surface area contributed by atoms with Crippen LogP contribution in [0.15, 0.2) is 59.6 Å². The molecule has 3 aromatic rings. The lowest BCUT2D eigenvalue weighted by Crippen LogP contribution is -2.24. The van der Waals surface area contributed by atoms with Crippen molar-refractivity contribution in [1.29, 1.82) is 0 Å². The van der Waals surface area contributed by atoms with Gasteiger partial charge in [-0.25, -0.2) is 0 Å². The molecule has 4 nitrogen and oxygen atoms in total. The topological polar surface area (TPSA) is 46.4 Å². The Kier molecular flexibility index (Phi) is 5.45. The summed E-state index contributed by atoms with van der Waals surface area (Å²) in [5.74, 6) is -0.172. The predicted molar refractivity (Wildman–Crippen MR) is 108 cm³/mol. The number of hydrogen-bond donors (Lipinski definition) is 1. The van der Waals surface area contributed by atoms with E-state index in [0.717, 1.165) is 17.0 Å². The fourth-order valence-electron chi connectivity index (χ4n) is 2.58. The lowest BCUT2D eigenvalue weighted by molar-refractivity contribution is 0.101. The SMILES string of the molecule is Cc1cc(C=Nc2cccc(Cl)c2Cl)c(C)n1NC(=O)c1ccccc1. The second-order valence-corrected chi connectivity index (χ2v) is 6.59. The molecule has 132 valence electrons. The Morgan fingerprint density at radius 3 is 2.54 bits per heavy atom. The monoisotopic (exact) mass is 385 g/mol. The van der Waals surface area contributed by atoms with Crippen LogP contribution < -0.4 is 5.43 Å². The minimum atomic E-state index is -0.172. The van der Waals surface area contributed by atoms with Gasteiger partial charge in [0.1, 0.15) is 0 Å². The molecule has 6 heteroatoms. The number of halogens is 2. The largest absolute Gasteiger partial charge is 0.270 e. The molecular formula is C20H17Cl2N3O. The number of carbonyl (C=O) groups excluding carboxylic acids is 1. The first-order valence-electron chi connectivity index (χ1n) is 8.01. The van der Waals surface area contributed by atoms with Crippen molar-refractivity contribution in [1.82, 2.24) is 4.68 Å². The molecule has 3 rings (SSSR count). The fraction of sp³-hybridized carbons (Fsp3) is 0.100. The van der Waals surface area contributed by atoms with Crippen molar-refractivity contribution < 1.29 is 4.79 Å². The molecule has 0 aliphatic carbocycles. The summed E-state index contributed by atoms with van der Waals surface area (Å²) in [6, 6.07) is 16.3. The maximum atomic E-state index is 12.4. The van der Waals surface area contributed by atoms with Gasteiger partial charge in [0, 0.05) is 28.7 Å². The quantitative estimate of drug-likeness (QED) is 0.588. The molecular weight excluding hydrogens is 369 g/mol. The van der Waals surface area contributed by atoms with Gasteiger partial charge in [-0.1, -0.05) is 47.5 Å². The van der Waals surface area contributed by atoms with Crippen molar-refractivity contribution in [2.24, 2.45) is 4.99 Å². The average Bonchev–Trinajstić information content (AvgIpc) is 2.91. The molecule has 1 amide bonds. The molecule has 0 saturated carbocycles. The lowest BCUT2D eigenvalue weighted by Gasteiger charge is -2.11. The van der Waals surface area contributed by atoms with Crippen molar-refractivity contribution in [3.63, 3.8) is 0 Å². The Balaban J connectivity index is 1.85. The van der Waals surface area contributed by atoms with Gasteiger partial charge in [0.2, 0.25) is 0 Å². The summed E-state index contributed by atoms with van der Waals surface area (Å²) in [5, 5.41) is 0.874. The molecule has 26 heavy (non-hydrogen) atoms. The summed E-state index contributed by atoms with van der Waals surface area (Å²) >= 11 is 12.2. The van der Waals surface area contributed by atoms with Crippen LogP contribution in [0.5, 0.6) is 0 Å². The highest BCUT2D eigenvalue weighted by Crippen LogP contribution is 2.31. The standard InChI is InChI=1S/C20H17Cl2N3O/c1-13-11-16(12-23-18-10-6-9-17(21)19(18)22)14(2)25(13)24-20(26)15-7-4-3-5-8-15/h3-12H,1-2H3,(H,24,26). The van der Waals surface area contributed by atoms with Crippen LogP contribution in [0.4, 0.5) is 5.69 Å². The molecule has 0 saturated heterocycles. The van der Waals surface area contributed by atoms with Gasteiger partial charge in [0.05, 0.1) is 15.7 Å². The van der Waals surface area contributed by atoms with Crippen LogP contribution in [-0.4, -0.2) is 16.8 Å². The van der Waals surface area contributed by atoms with E-state index in [1.807, 2.05) is 38.1 Å². The number of hydrogen-bond acceptors (Lipinski definition) is 2. The maximum absolute atomic E-state index is 12.4. The second-order valence-electron chi connectivity index (χ2n) is 5.80. The molecule has 0 bridgehead atoms. The predicted octanol–water partition coefficient (Wildman–Crippen LogP) is 5.55. The molecule has 2 aromatic carbocycles. The van der Waals surface area contributed by atoms with Gasteiger partial charge in [-0.05, 0) is 44.2 Å². The first-order chi connectivity index (χ1) is 12.5. The summed E-state index contributed by atoms with van der Waals surface area (Å²) in [7, 11) is 0. The zero-order valence-corrected chi connectivity index (χ0v) is 15.8. The number of rotatable bonds is 4. The first kappa shape index (κ1) is 18.2. The summed E-state index contributed by atoms with van der Waals surface area (Å²) in [5.41, 5.74) is 6.74. The zero-order valence-electron chi connectivity index (χ0n) is 14.3. The normalized spacial score (nSPS) is 11.1. The van der Waals surface area contributed by atoms with Crippen LogP contribution in [0.1, 0.15) is 27.3 Å². The van der Waals surface area contributed by atoms with E-state index in [1.165, 1.54) is 0 Å². The summed E-state index contributed by atoms with van der Waals surface area (Å²) in [6.45, 7) is 3.83. The van der Waals surface area contributed by atoms with Gasteiger partial charge in [0.25, 0.3) is 5.91 Å².